The Kier molecular flexibility index (Phi) is 5.78. The molecule has 1 aromatic heterocycles. The summed E-state index contributed by atoms with van der Waals surface area (Å²) in [6.45, 7) is 9.93. The van der Waals surface area contributed by atoms with Gasteiger partial charge in [-0.15, -0.1) is 0 Å². The van der Waals surface area contributed by atoms with E-state index in [1.54, 1.807) is 0 Å². The summed E-state index contributed by atoms with van der Waals surface area (Å²) >= 11 is 0. The van der Waals surface area contributed by atoms with Crippen LogP contribution in [0.3, 0.4) is 0 Å². The Morgan fingerprint density at radius 1 is 1.35 bits per heavy atom. The van der Waals surface area contributed by atoms with E-state index < -0.39 is 0 Å². The minimum absolute atomic E-state index is 0.0971. The van der Waals surface area contributed by atoms with Gasteiger partial charge in [-0.1, -0.05) is 0 Å². The zero-order chi connectivity index (χ0) is 17.0. The maximum atomic E-state index is 12.5. The molecule has 0 aliphatic carbocycles. The van der Waals surface area contributed by atoms with Gasteiger partial charge in [0.2, 0.25) is 5.91 Å². The molecule has 0 bridgehead atoms. The van der Waals surface area contributed by atoms with Gasteiger partial charge in [0.05, 0.1) is 36.9 Å². The van der Waals surface area contributed by atoms with Crippen molar-refractivity contribution >= 4 is 5.91 Å². The minimum Gasteiger partial charge on any atom is -0.372 e. The van der Waals surface area contributed by atoms with Gasteiger partial charge in [0, 0.05) is 25.2 Å². The summed E-state index contributed by atoms with van der Waals surface area (Å²) in [6, 6.07) is 2.14. The number of amides is 1. The molecule has 1 aromatic rings. The van der Waals surface area contributed by atoms with Gasteiger partial charge in [-0.25, -0.2) is 0 Å². The minimum atomic E-state index is 0.0971. The lowest BCUT2D eigenvalue weighted by Crippen LogP contribution is -2.48. The Morgan fingerprint density at radius 2 is 2.00 bits per heavy atom. The number of rotatable bonds is 5. The van der Waals surface area contributed by atoms with E-state index >= 15 is 0 Å². The zero-order valence-corrected chi connectivity index (χ0v) is 14.5. The van der Waals surface area contributed by atoms with Crippen LogP contribution in [0.4, 0.5) is 0 Å². The van der Waals surface area contributed by atoms with E-state index in [4.69, 9.17) is 10.00 Å². The van der Waals surface area contributed by atoms with E-state index in [-0.39, 0.29) is 18.1 Å². The fourth-order valence-corrected chi connectivity index (χ4v) is 3.24. The third-order valence-corrected chi connectivity index (χ3v) is 4.33. The SMILES string of the molecule is Cc1nn(CCC#N)c(C)c1CCC(=O)N1C[C@@H](C)O[C@H](C)C1. The van der Waals surface area contributed by atoms with E-state index in [1.807, 2.05) is 37.3 Å². The Hall–Kier alpha value is -1.87. The molecule has 1 saturated heterocycles. The summed E-state index contributed by atoms with van der Waals surface area (Å²) in [5, 5.41) is 13.2. The van der Waals surface area contributed by atoms with Crippen molar-refractivity contribution in [2.24, 2.45) is 0 Å². The summed E-state index contributed by atoms with van der Waals surface area (Å²) in [5.74, 6) is 0.176. The van der Waals surface area contributed by atoms with Crippen LogP contribution < -0.4 is 0 Å². The maximum absolute atomic E-state index is 12.5. The topological polar surface area (TPSA) is 71.2 Å². The quantitative estimate of drug-likeness (QED) is 0.832. The molecule has 2 heterocycles. The highest BCUT2D eigenvalue weighted by molar-refractivity contribution is 5.76. The third-order valence-electron chi connectivity index (χ3n) is 4.33. The molecule has 1 amide bonds. The standard InChI is InChI=1S/C17H26N4O2/c1-12-10-20(11-13(2)23-12)17(22)7-6-16-14(3)19-21(15(16)4)9-5-8-18/h12-13H,5-7,9-11H2,1-4H3/t12-,13-/m1/s1. The largest absolute Gasteiger partial charge is 0.372 e. The number of carbonyl (C=O) groups excluding carboxylic acids is 1. The zero-order valence-electron chi connectivity index (χ0n) is 14.5. The van der Waals surface area contributed by atoms with Crippen LogP contribution in [0, 0.1) is 25.2 Å². The highest BCUT2D eigenvalue weighted by atomic mass is 16.5. The van der Waals surface area contributed by atoms with Crippen LogP contribution in [0.5, 0.6) is 0 Å². The van der Waals surface area contributed by atoms with Gasteiger partial charge < -0.3 is 9.64 Å². The second-order valence-corrected chi connectivity index (χ2v) is 6.34. The number of nitriles is 1. The van der Waals surface area contributed by atoms with Gasteiger partial charge >= 0.3 is 0 Å². The van der Waals surface area contributed by atoms with E-state index in [0.717, 1.165) is 17.0 Å². The molecule has 23 heavy (non-hydrogen) atoms. The second kappa shape index (κ2) is 7.60. The predicted molar refractivity (Wildman–Crippen MR) is 86.8 cm³/mol. The number of aromatic nitrogens is 2. The lowest BCUT2D eigenvalue weighted by Gasteiger charge is -2.35. The molecule has 2 rings (SSSR count). The van der Waals surface area contributed by atoms with Crippen LogP contribution in [-0.2, 0) is 22.5 Å². The molecule has 0 radical (unpaired) electrons. The Labute approximate surface area is 138 Å². The van der Waals surface area contributed by atoms with Gasteiger partial charge in [0.1, 0.15) is 0 Å². The van der Waals surface area contributed by atoms with Crippen molar-refractivity contribution in [2.45, 2.75) is 65.7 Å². The van der Waals surface area contributed by atoms with E-state index in [2.05, 4.69) is 11.2 Å². The molecule has 6 heteroatoms. The van der Waals surface area contributed by atoms with Crippen molar-refractivity contribution in [3.05, 3.63) is 17.0 Å². The number of nitrogens with zero attached hydrogens (tertiary/aromatic N) is 4. The van der Waals surface area contributed by atoms with Crippen LogP contribution >= 0.6 is 0 Å². The van der Waals surface area contributed by atoms with E-state index in [9.17, 15) is 4.79 Å². The number of carbonyl (C=O) groups is 1. The van der Waals surface area contributed by atoms with Crippen LogP contribution in [-0.4, -0.2) is 45.9 Å². The lowest BCUT2D eigenvalue weighted by atomic mass is 10.1. The summed E-state index contributed by atoms with van der Waals surface area (Å²) < 4.78 is 7.55. The fourth-order valence-electron chi connectivity index (χ4n) is 3.24. The molecule has 1 fully saturated rings. The molecule has 0 aromatic carbocycles. The summed E-state index contributed by atoms with van der Waals surface area (Å²) in [5.41, 5.74) is 3.15. The predicted octanol–water partition coefficient (Wildman–Crippen LogP) is 1.98. The van der Waals surface area contributed by atoms with Crippen molar-refractivity contribution in [1.29, 1.82) is 5.26 Å². The summed E-state index contributed by atoms with van der Waals surface area (Å²) in [6.07, 6.45) is 1.83. The molecule has 2 atom stereocenters. The molecule has 0 unspecified atom stereocenters. The summed E-state index contributed by atoms with van der Waals surface area (Å²) in [7, 11) is 0. The van der Waals surface area contributed by atoms with Crippen LogP contribution in [0.25, 0.3) is 0 Å². The molecule has 0 spiro atoms. The first kappa shape index (κ1) is 17.5. The average Bonchev–Trinajstić information content (AvgIpc) is 2.76. The van der Waals surface area contributed by atoms with Crippen molar-refractivity contribution in [2.75, 3.05) is 13.1 Å². The Morgan fingerprint density at radius 3 is 2.61 bits per heavy atom. The fraction of sp³-hybridized carbons (Fsp3) is 0.706. The molecule has 0 N–H and O–H groups in total. The number of aryl methyl sites for hydroxylation is 2. The van der Waals surface area contributed by atoms with Gasteiger partial charge in [0.15, 0.2) is 0 Å². The van der Waals surface area contributed by atoms with Crippen LogP contribution in [0.1, 0.15) is 43.6 Å². The lowest BCUT2D eigenvalue weighted by molar-refractivity contribution is -0.143. The van der Waals surface area contributed by atoms with Crippen molar-refractivity contribution < 1.29 is 9.53 Å². The molecule has 1 aliphatic heterocycles. The number of ether oxygens (including phenoxy) is 1. The summed E-state index contributed by atoms with van der Waals surface area (Å²) in [4.78, 5) is 14.4. The molecule has 126 valence electrons. The molecule has 1 aliphatic rings. The maximum Gasteiger partial charge on any atom is 0.223 e. The van der Waals surface area contributed by atoms with E-state index in [1.165, 1.54) is 0 Å². The van der Waals surface area contributed by atoms with Crippen molar-refractivity contribution in [1.82, 2.24) is 14.7 Å². The first-order valence-corrected chi connectivity index (χ1v) is 8.25. The average molecular weight is 318 g/mol. The highest BCUT2D eigenvalue weighted by Gasteiger charge is 2.26. The molecule has 6 nitrogen and oxygen atoms in total. The number of morpholine rings is 1. The van der Waals surface area contributed by atoms with Crippen LogP contribution in [0.15, 0.2) is 0 Å². The van der Waals surface area contributed by atoms with Gasteiger partial charge in [-0.05, 0) is 39.7 Å². The van der Waals surface area contributed by atoms with Gasteiger partial charge in [0.25, 0.3) is 0 Å². The van der Waals surface area contributed by atoms with Crippen molar-refractivity contribution in [3.63, 3.8) is 0 Å². The van der Waals surface area contributed by atoms with Gasteiger partial charge in [-0.3, -0.25) is 9.48 Å². The van der Waals surface area contributed by atoms with E-state index in [0.29, 0.717) is 38.9 Å². The smallest absolute Gasteiger partial charge is 0.223 e. The monoisotopic (exact) mass is 318 g/mol. The Bertz CT molecular complexity index is 592. The molecular weight excluding hydrogens is 292 g/mol. The normalized spacial score (nSPS) is 21.3. The first-order valence-electron chi connectivity index (χ1n) is 8.25. The number of hydrogen-bond donors (Lipinski definition) is 0. The van der Waals surface area contributed by atoms with Gasteiger partial charge in [-0.2, -0.15) is 10.4 Å². The first-order chi connectivity index (χ1) is 10.9. The Balaban J connectivity index is 1.96. The highest BCUT2D eigenvalue weighted by Crippen LogP contribution is 2.17. The molecular formula is C17H26N4O2. The number of hydrogen-bond acceptors (Lipinski definition) is 4. The second-order valence-electron chi connectivity index (χ2n) is 6.34. The third kappa shape index (κ3) is 4.32. The van der Waals surface area contributed by atoms with Crippen molar-refractivity contribution in [3.8, 4) is 6.07 Å². The molecule has 0 saturated carbocycles. The van der Waals surface area contributed by atoms with Crippen LogP contribution in [0.2, 0.25) is 0 Å².